The molecule has 0 aliphatic heterocycles. The number of amides is 1. The van der Waals surface area contributed by atoms with Crippen molar-refractivity contribution in [2.75, 3.05) is 5.75 Å². The summed E-state index contributed by atoms with van der Waals surface area (Å²) in [4.78, 5) is 17.1. The predicted octanol–water partition coefficient (Wildman–Crippen LogP) is 4.10. The van der Waals surface area contributed by atoms with Crippen LogP contribution in [0.2, 0.25) is 5.02 Å². The first-order valence-corrected chi connectivity index (χ1v) is 11.2. The van der Waals surface area contributed by atoms with E-state index in [-0.39, 0.29) is 23.6 Å². The van der Waals surface area contributed by atoms with E-state index in [9.17, 15) is 4.79 Å². The number of aryl methyl sites for hydroxylation is 1. The van der Waals surface area contributed by atoms with Crippen molar-refractivity contribution < 1.29 is 9.32 Å². The zero-order chi connectivity index (χ0) is 21.3. The summed E-state index contributed by atoms with van der Waals surface area (Å²) in [5, 5.41) is 16.5. The molecule has 0 bridgehead atoms. The van der Waals surface area contributed by atoms with E-state index in [0.717, 1.165) is 29.9 Å². The molecule has 0 spiro atoms. The molecular weight excluding hydrogens is 424 g/mol. The van der Waals surface area contributed by atoms with Gasteiger partial charge in [-0.15, -0.1) is 10.2 Å². The summed E-state index contributed by atoms with van der Waals surface area (Å²) >= 11 is 7.54. The average Bonchev–Trinajstić information content (AvgIpc) is 3.26. The first-order valence-electron chi connectivity index (χ1n) is 9.84. The van der Waals surface area contributed by atoms with Crippen LogP contribution in [0, 0.1) is 12.8 Å². The lowest BCUT2D eigenvalue weighted by atomic mass is 10.0. The fraction of sp³-hybridized carbons (Fsp3) is 0.450. The molecule has 1 saturated carbocycles. The molecule has 2 aromatic heterocycles. The van der Waals surface area contributed by atoms with Gasteiger partial charge in [0, 0.05) is 10.9 Å². The van der Waals surface area contributed by atoms with Crippen LogP contribution in [0.1, 0.15) is 55.9 Å². The number of nitrogens with zero attached hydrogens (tertiary/aromatic N) is 5. The summed E-state index contributed by atoms with van der Waals surface area (Å²) < 4.78 is 7.23. The molecule has 1 aliphatic rings. The monoisotopic (exact) mass is 446 g/mol. The van der Waals surface area contributed by atoms with E-state index in [2.05, 4.69) is 25.7 Å². The maximum Gasteiger partial charge on any atom is 0.249 e. The Morgan fingerprint density at radius 1 is 1.40 bits per heavy atom. The zero-order valence-electron chi connectivity index (χ0n) is 17.0. The summed E-state index contributed by atoms with van der Waals surface area (Å²) in [6.45, 7) is 5.97. The summed E-state index contributed by atoms with van der Waals surface area (Å²) in [6, 6.07) is 5.40. The number of carbonyl (C=O) groups excluding carboxylic acids is 1. The number of hydrogen-bond acceptors (Lipinski definition) is 7. The van der Waals surface area contributed by atoms with E-state index in [1.165, 1.54) is 11.8 Å². The second kappa shape index (κ2) is 8.77. The number of aromatic nitrogens is 5. The number of benzene rings is 1. The Balaban J connectivity index is 1.40. The predicted molar refractivity (Wildman–Crippen MR) is 114 cm³/mol. The van der Waals surface area contributed by atoms with E-state index in [1.54, 1.807) is 6.33 Å². The van der Waals surface area contributed by atoms with Crippen molar-refractivity contribution in [1.82, 2.24) is 30.2 Å². The molecule has 1 fully saturated rings. The van der Waals surface area contributed by atoms with Gasteiger partial charge in [-0.3, -0.25) is 9.36 Å². The third-order valence-corrected chi connectivity index (χ3v) is 6.28. The molecule has 1 aliphatic carbocycles. The van der Waals surface area contributed by atoms with E-state index in [4.69, 9.17) is 16.1 Å². The highest BCUT2D eigenvalue weighted by Gasteiger charge is 2.31. The number of hydrogen-bond donors (Lipinski definition) is 1. The van der Waals surface area contributed by atoms with Crippen LogP contribution in [-0.4, -0.2) is 36.6 Å². The fourth-order valence-electron chi connectivity index (χ4n) is 2.97. The maximum atomic E-state index is 12.6. The van der Waals surface area contributed by atoms with Gasteiger partial charge < -0.3 is 9.84 Å². The minimum atomic E-state index is -0.327. The van der Waals surface area contributed by atoms with Crippen LogP contribution in [-0.2, 0) is 4.79 Å². The molecule has 158 valence electrons. The minimum Gasteiger partial charge on any atom is -0.343 e. The third kappa shape index (κ3) is 4.67. The van der Waals surface area contributed by atoms with Gasteiger partial charge in [0.1, 0.15) is 12.4 Å². The maximum absolute atomic E-state index is 12.6. The molecule has 1 atom stereocenters. The van der Waals surface area contributed by atoms with Gasteiger partial charge >= 0.3 is 0 Å². The van der Waals surface area contributed by atoms with Crippen molar-refractivity contribution in [3.05, 3.63) is 46.8 Å². The summed E-state index contributed by atoms with van der Waals surface area (Å²) in [5.74, 6) is 1.77. The largest absolute Gasteiger partial charge is 0.343 e. The van der Waals surface area contributed by atoms with Crippen LogP contribution < -0.4 is 5.32 Å². The smallest absolute Gasteiger partial charge is 0.249 e. The number of nitrogens with one attached hydrogen (secondary N) is 1. The van der Waals surface area contributed by atoms with Crippen molar-refractivity contribution in [2.24, 2.45) is 5.92 Å². The topological polar surface area (TPSA) is 98.7 Å². The van der Waals surface area contributed by atoms with Crippen molar-refractivity contribution in [3.8, 4) is 5.69 Å². The Kier molecular flexibility index (Phi) is 6.10. The van der Waals surface area contributed by atoms with Gasteiger partial charge in [-0.25, -0.2) is 0 Å². The first kappa shape index (κ1) is 20.9. The Hall–Kier alpha value is -2.39. The standard InChI is InChI=1S/C20H23ClN6O2S/c1-11(2)17(19-24-18(26-29-19)13-5-6-13)23-16(28)9-30-20-25-22-10-27(20)14-7-4-12(3)15(21)8-14/h4,7-8,10-11,13,17H,5-6,9H2,1-3H3,(H,23,28). The highest BCUT2D eigenvalue weighted by Crippen LogP contribution is 2.38. The average molecular weight is 447 g/mol. The van der Waals surface area contributed by atoms with E-state index in [1.807, 2.05) is 43.5 Å². The van der Waals surface area contributed by atoms with Crippen molar-refractivity contribution in [1.29, 1.82) is 0 Å². The first-order chi connectivity index (χ1) is 14.4. The second-order valence-electron chi connectivity index (χ2n) is 7.76. The van der Waals surface area contributed by atoms with E-state index >= 15 is 0 Å². The van der Waals surface area contributed by atoms with Crippen LogP contribution in [0.3, 0.4) is 0 Å². The van der Waals surface area contributed by atoms with Gasteiger partial charge in [-0.1, -0.05) is 48.4 Å². The lowest BCUT2D eigenvalue weighted by Gasteiger charge is -2.18. The molecule has 4 rings (SSSR count). The summed E-state index contributed by atoms with van der Waals surface area (Å²) in [5.41, 5.74) is 1.84. The molecular formula is C20H23ClN6O2S. The molecule has 3 aromatic rings. The highest BCUT2D eigenvalue weighted by atomic mass is 35.5. The van der Waals surface area contributed by atoms with Gasteiger partial charge in [-0.05, 0) is 43.4 Å². The number of thioether (sulfide) groups is 1. The van der Waals surface area contributed by atoms with Crippen LogP contribution in [0.15, 0.2) is 34.2 Å². The van der Waals surface area contributed by atoms with Gasteiger partial charge in [0.2, 0.25) is 11.8 Å². The van der Waals surface area contributed by atoms with Gasteiger partial charge in [0.05, 0.1) is 11.4 Å². The number of rotatable bonds is 8. The lowest BCUT2D eigenvalue weighted by Crippen LogP contribution is -2.33. The van der Waals surface area contributed by atoms with Gasteiger partial charge in [0.25, 0.3) is 0 Å². The van der Waals surface area contributed by atoms with Crippen LogP contribution in [0.25, 0.3) is 5.69 Å². The molecule has 10 heteroatoms. The Morgan fingerprint density at radius 2 is 2.20 bits per heavy atom. The Morgan fingerprint density at radius 3 is 2.90 bits per heavy atom. The summed E-state index contributed by atoms with van der Waals surface area (Å²) in [6.07, 6.45) is 3.80. The van der Waals surface area contributed by atoms with Gasteiger partial charge in [0.15, 0.2) is 11.0 Å². The van der Waals surface area contributed by atoms with E-state index in [0.29, 0.717) is 22.0 Å². The molecule has 30 heavy (non-hydrogen) atoms. The van der Waals surface area contributed by atoms with Crippen molar-refractivity contribution in [3.63, 3.8) is 0 Å². The minimum absolute atomic E-state index is 0.116. The normalized spacial score (nSPS) is 14.8. The zero-order valence-corrected chi connectivity index (χ0v) is 18.6. The van der Waals surface area contributed by atoms with Crippen LogP contribution in [0.5, 0.6) is 0 Å². The highest BCUT2D eigenvalue weighted by molar-refractivity contribution is 7.99. The third-order valence-electron chi connectivity index (χ3n) is 4.93. The SMILES string of the molecule is Cc1ccc(-n2cnnc2SCC(=O)NC(c2nc(C3CC3)no2)C(C)C)cc1Cl. The van der Waals surface area contributed by atoms with Crippen molar-refractivity contribution >= 4 is 29.3 Å². The van der Waals surface area contributed by atoms with Gasteiger partial charge in [-0.2, -0.15) is 4.98 Å². The Labute approximate surface area is 183 Å². The van der Waals surface area contributed by atoms with Crippen LogP contribution >= 0.6 is 23.4 Å². The molecule has 1 amide bonds. The quantitative estimate of drug-likeness (QED) is 0.520. The molecule has 1 N–H and O–H groups in total. The number of carbonyl (C=O) groups is 1. The molecule has 1 aromatic carbocycles. The molecule has 8 nitrogen and oxygen atoms in total. The lowest BCUT2D eigenvalue weighted by molar-refractivity contribution is -0.119. The number of halogens is 1. The van der Waals surface area contributed by atoms with E-state index < -0.39 is 0 Å². The molecule has 1 unspecified atom stereocenters. The second-order valence-corrected chi connectivity index (χ2v) is 9.11. The van der Waals surface area contributed by atoms with Crippen LogP contribution in [0.4, 0.5) is 0 Å². The molecule has 0 saturated heterocycles. The van der Waals surface area contributed by atoms with Crippen molar-refractivity contribution in [2.45, 2.75) is 50.7 Å². The summed E-state index contributed by atoms with van der Waals surface area (Å²) in [7, 11) is 0. The molecule has 2 heterocycles. The fourth-order valence-corrected chi connectivity index (χ4v) is 3.89. The Bertz CT molecular complexity index is 1050. The molecule has 0 radical (unpaired) electrons.